The smallest absolute Gasteiger partial charge is 0.137 e. The highest BCUT2D eigenvalue weighted by atomic mass is 16.5. The molecule has 3 N–H and O–H groups in total. The Morgan fingerprint density at radius 3 is 2.67 bits per heavy atom. The van der Waals surface area contributed by atoms with E-state index in [4.69, 9.17) is 15.3 Å². The quantitative estimate of drug-likeness (QED) is 0.552. The van der Waals surface area contributed by atoms with Gasteiger partial charge in [0.05, 0.1) is 25.5 Å². The predicted molar refractivity (Wildman–Crippen MR) is 57.3 cm³/mol. The zero-order chi connectivity index (χ0) is 11.3. The Bertz CT molecular complexity index is 306. The SMILES string of the molecule is COc1cncc(C(NN)C(C)OC)c1. The lowest BCUT2D eigenvalue weighted by molar-refractivity contribution is 0.0829. The van der Waals surface area contributed by atoms with Crippen molar-refractivity contribution in [2.24, 2.45) is 5.84 Å². The minimum absolute atomic E-state index is 0.0380. The van der Waals surface area contributed by atoms with Crippen molar-refractivity contribution in [1.82, 2.24) is 10.4 Å². The van der Waals surface area contributed by atoms with Gasteiger partial charge in [-0.15, -0.1) is 0 Å². The molecule has 1 heterocycles. The van der Waals surface area contributed by atoms with Crippen molar-refractivity contribution in [2.75, 3.05) is 14.2 Å². The standard InChI is InChI=1S/C10H17N3O2/c1-7(14-2)10(13-11)8-4-9(15-3)6-12-5-8/h4-7,10,13H,11H2,1-3H3. The molecule has 0 spiro atoms. The molecule has 15 heavy (non-hydrogen) atoms. The van der Waals surface area contributed by atoms with Gasteiger partial charge in [-0.2, -0.15) is 0 Å². The Labute approximate surface area is 89.6 Å². The fourth-order valence-electron chi connectivity index (χ4n) is 1.36. The Morgan fingerprint density at radius 2 is 2.13 bits per heavy atom. The van der Waals surface area contributed by atoms with Crippen molar-refractivity contribution in [3.8, 4) is 5.75 Å². The largest absolute Gasteiger partial charge is 0.495 e. The summed E-state index contributed by atoms with van der Waals surface area (Å²) in [6.07, 6.45) is 3.35. The van der Waals surface area contributed by atoms with Gasteiger partial charge in [-0.05, 0) is 18.6 Å². The van der Waals surface area contributed by atoms with E-state index in [0.29, 0.717) is 5.75 Å². The number of hydrazine groups is 1. The fraction of sp³-hybridized carbons (Fsp3) is 0.500. The second kappa shape index (κ2) is 5.65. The number of hydrogen-bond acceptors (Lipinski definition) is 5. The van der Waals surface area contributed by atoms with E-state index in [0.717, 1.165) is 5.56 Å². The lowest BCUT2D eigenvalue weighted by Gasteiger charge is -2.22. The number of ether oxygens (including phenoxy) is 2. The molecule has 5 nitrogen and oxygen atoms in total. The summed E-state index contributed by atoms with van der Waals surface area (Å²) in [7, 11) is 3.24. The molecule has 0 aliphatic heterocycles. The second-order valence-electron chi connectivity index (χ2n) is 3.24. The molecule has 0 amide bonds. The molecule has 84 valence electrons. The molecule has 5 heteroatoms. The first-order valence-electron chi connectivity index (χ1n) is 4.70. The molecule has 0 aromatic carbocycles. The van der Waals surface area contributed by atoms with Crippen LogP contribution in [0.1, 0.15) is 18.5 Å². The Balaban J connectivity index is 2.91. The maximum Gasteiger partial charge on any atom is 0.137 e. The molecule has 0 bridgehead atoms. The molecule has 0 saturated heterocycles. The third-order valence-corrected chi connectivity index (χ3v) is 2.35. The first-order chi connectivity index (χ1) is 7.22. The summed E-state index contributed by atoms with van der Waals surface area (Å²) in [4.78, 5) is 4.06. The van der Waals surface area contributed by atoms with Gasteiger partial charge in [0.25, 0.3) is 0 Å². The summed E-state index contributed by atoms with van der Waals surface area (Å²) < 4.78 is 10.3. The van der Waals surface area contributed by atoms with E-state index in [1.165, 1.54) is 0 Å². The molecule has 0 radical (unpaired) electrons. The van der Waals surface area contributed by atoms with Crippen LogP contribution in [0.3, 0.4) is 0 Å². The molecular formula is C10H17N3O2. The summed E-state index contributed by atoms with van der Waals surface area (Å²) >= 11 is 0. The van der Waals surface area contributed by atoms with Gasteiger partial charge in [-0.1, -0.05) is 0 Å². The average Bonchev–Trinajstić information content (AvgIpc) is 2.30. The van der Waals surface area contributed by atoms with Gasteiger partial charge in [0.1, 0.15) is 5.75 Å². The van der Waals surface area contributed by atoms with Crippen LogP contribution in [-0.2, 0) is 4.74 Å². The molecule has 1 aromatic heterocycles. The van der Waals surface area contributed by atoms with E-state index in [1.54, 1.807) is 26.6 Å². The first-order valence-corrected chi connectivity index (χ1v) is 4.70. The van der Waals surface area contributed by atoms with Crippen molar-refractivity contribution in [2.45, 2.75) is 19.1 Å². The van der Waals surface area contributed by atoms with Crippen LogP contribution < -0.4 is 16.0 Å². The fourth-order valence-corrected chi connectivity index (χ4v) is 1.36. The maximum absolute atomic E-state index is 5.47. The predicted octanol–water partition coefficient (Wildman–Crippen LogP) is 0.629. The highest BCUT2D eigenvalue weighted by Gasteiger charge is 2.18. The Morgan fingerprint density at radius 1 is 1.40 bits per heavy atom. The van der Waals surface area contributed by atoms with E-state index < -0.39 is 0 Å². The normalized spacial score (nSPS) is 14.7. The number of aromatic nitrogens is 1. The molecule has 2 atom stereocenters. The lowest BCUT2D eigenvalue weighted by atomic mass is 10.1. The second-order valence-corrected chi connectivity index (χ2v) is 3.24. The molecule has 1 aromatic rings. The van der Waals surface area contributed by atoms with Crippen LogP contribution in [0.25, 0.3) is 0 Å². The van der Waals surface area contributed by atoms with Crippen LogP contribution in [0.5, 0.6) is 5.75 Å². The zero-order valence-electron chi connectivity index (χ0n) is 9.23. The van der Waals surface area contributed by atoms with E-state index in [-0.39, 0.29) is 12.1 Å². The third kappa shape index (κ3) is 2.89. The first kappa shape index (κ1) is 11.9. The van der Waals surface area contributed by atoms with Crippen molar-refractivity contribution in [3.63, 3.8) is 0 Å². The van der Waals surface area contributed by atoms with Crippen LogP contribution in [0.15, 0.2) is 18.5 Å². The molecule has 1 rings (SSSR count). The van der Waals surface area contributed by atoms with Gasteiger partial charge in [-0.3, -0.25) is 16.3 Å². The van der Waals surface area contributed by atoms with Gasteiger partial charge in [-0.25, -0.2) is 0 Å². The Kier molecular flexibility index (Phi) is 4.48. The third-order valence-electron chi connectivity index (χ3n) is 2.35. The lowest BCUT2D eigenvalue weighted by Crippen LogP contribution is -2.36. The molecule has 0 aliphatic rings. The summed E-state index contributed by atoms with van der Waals surface area (Å²) in [5.41, 5.74) is 3.64. The van der Waals surface area contributed by atoms with Crippen LogP contribution in [0.2, 0.25) is 0 Å². The molecule has 2 unspecified atom stereocenters. The van der Waals surface area contributed by atoms with Crippen LogP contribution in [0, 0.1) is 0 Å². The van der Waals surface area contributed by atoms with E-state index in [9.17, 15) is 0 Å². The number of nitrogens with one attached hydrogen (secondary N) is 1. The van der Waals surface area contributed by atoms with E-state index in [2.05, 4.69) is 10.4 Å². The number of nitrogens with zero attached hydrogens (tertiary/aromatic N) is 1. The zero-order valence-corrected chi connectivity index (χ0v) is 9.23. The van der Waals surface area contributed by atoms with Crippen LogP contribution in [0.4, 0.5) is 0 Å². The Hall–Kier alpha value is -1.17. The molecule has 0 fully saturated rings. The van der Waals surface area contributed by atoms with Gasteiger partial charge in [0.2, 0.25) is 0 Å². The highest BCUT2D eigenvalue weighted by Crippen LogP contribution is 2.20. The number of hydrogen-bond donors (Lipinski definition) is 2. The minimum atomic E-state index is -0.0994. The number of nitrogens with two attached hydrogens (primary N) is 1. The van der Waals surface area contributed by atoms with Crippen molar-refractivity contribution in [1.29, 1.82) is 0 Å². The highest BCUT2D eigenvalue weighted by molar-refractivity contribution is 5.26. The summed E-state index contributed by atoms with van der Waals surface area (Å²) in [5, 5.41) is 0. The van der Waals surface area contributed by atoms with Gasteiger partial charge in [0.15, 0.2) is 0 Å². The summed E-state index contributed by atoms with van der Waals surface area (Å²) in [6.45, 7) is 1.93. The number of methoxy groups -OCH3 is 2. The van der Waals surface area contributed by atoms with Crippen LogP contribution in [-0.4, -0.2) is 25.3 Å². The molecular weight excluding hydrogens is 194 g/mol. The summed E-state index contributed by atoms with van der Waals surface area (Å²) in [5.74, 6) is 6.18. The van der Waals surface area contributed by atoms with E-state index >= 15 is 0 Å². The maximum atomic E-state index is 5.47. The van der Waals surface area contributed by atoms with Crippen LogP contribution >= 0.6 is 0 Å². The minimum Gasteiger partial charge on any atom is -0.495 e. The van der Waals surface area contributed by atoms with Crippen molar-refractivity contribution >= 4 is 0 Å². The van der Waals surface area contributed by atoms with Crippen molar-refractivity contribution in [3.05, 3.63) is 24.0 Å². The van der Waals surface area contributed by atoms with Crippen molar-refractivity contribution < 1.29 is 9.47 Å². The van der Waals surface area contributed by atoms with Gasteiger partial charge < -0.3 is 9.47 Å². The molecule has 0 aliphatic carbocycles. The number of pyridine rings is 1. The topological polar surface area (TPSA) is 69.4 Å². The monoisotopic (exact) mass is 211 g/mol. The number of rotatable bonds is 5. The molecule has 0 saturated carbocycles. The van der Waals surface area contributed by atoms with Gasteiger partial charge in [0, 0.05) is 13.3 Å². The summed E-state index contributed by atoms with van der Waals surface area (Å²) in [6, 6.07) is 1.78. The average molecular weight is 211 g/mol. The van der Waals surface area contributed by atoms with Gasteiger partial charge >= 0.3 is 0 Å². The van der Waals surface area contributed by atoms with E-state index in [1.807, 2.05) is 13.0 Å².